The number of hydrogen-bond acceptors (Lipinski definition) is 2. The maximum absolute atomic E-state index is 6.98. The number of nitrogens with zero attached hydrogens (tertiary/aromatic N) is 1. The predicted molar refractivity (Wildman–Crippen MR) is 265 cm³/mol. The summed E-state index contributed by atoms with van der Waals surface area (Å²) >= 11 is 0. The van der Waals surface area contributed by atoms with E-state index in [1.54, 1.807) is 0 Å². The molecule has 1 heterocycles. The van der Waals surface area contributed by atoms with Crippen LogP contribution < -0.4 is 9.64 Å². The number of fused-ring (bicyclic) bond motifs is 10. The molecule has 2 heteroatoms. The van der Waals surface area contributed by atoms with Crippen LogP contribution in [0.15, 0.2) is 237 Å². The van der Waals surface area contributed by atoms with Crippen molar-refractivity contribution >= 4 is 27.8 Å². The van der Waals surface area contributed by atoms with Crippen LogP contribution in [-0.2, 0) is 10.8 Å². The fourth-order valence-corrected chi connectivity index (χ4v) is 10.9. The van der Waals surface area contributed by atoms with Gasteiger partial charge in [-0.15, -0.1) is 0 Å². The van der Waals surface area contributed by atoms with E-state index in [9.17, 15) is 0 Å². The van der Waals surface area contributed by atoms with Crippen molar-refractivity contribution in [1.29, 1.82) is 0 Å². The first-order valence-corrected chi connectivity index (χ1v) is 22.3. The summed E-state index contributed by atoms with van der Waals surface area (Å²) in [4.78, 5) is 2.36. The average molecular weight is 820 g/mol. The standard InChI is InChI=1S/C62H45NO/c1-61(2)53-23-11-12-24-54(53)62(55-25-13-14-27-58(55)64-60-52-21-10-9-20-46(52)34-41-57(60)62)56-26-15-22-51(59(56)61)47-32-39-50(40-33-47)63(48-35-28-44(29-36-48)42-16-5-3-6-17-42)49-37-30-45(31-38-49)43-18-7-4-8-19-43/h3-41H,1-2H3. The molecule has 2 nitrogen and oxygen atoms in total. The van der Waals surface area contributed by atoms with Gasteiger partial charge in [0.1, 0.15) is 11.5 Å². The molecule has 1 atom stereocenters. The van der Waals surface area contributed by atoms with Crippen LogP contribution in [0.3, 0.4) is 0 Å². The van der Waals surface area contributed by atoms with Crippen LogP contribution in [0.5, 0.6) is 11.5 Å². The van der Waals surface area contributed by atoms with E-state index in [0.717, 1.165) is 33.9 Å². The van der Waals surface area contributed by atoms with Crippen molar-refractivity contribution < 1.29 is 4.74 Å². The molecule has 1 aliphatic carbocycles. The van der Waals surface area contributed by atoms with E-state index in [0.29, 0.717) is 0 Å². The fourth-order valence-electron chi connectivity index (χ4n) is 10.9. The summed E-state index contributed by atoms with van der Waals surface area (Å²) < 4.78 is 6.98. The van der Waals surface area contributed by atoms with Gasteiger partial charge in [0.25, 0.3) is 0 Å². The Kier molecular flexibility index (Phi) is 8.77. The highest BCUT2D eigenvalue weighted by molar-refractivity contribution is 5.94. The second-order valence-corrected chi connectivity index (χ2v) is 17.6. The third kappa shape index (κ3) is 5.80. The van der Waals surface area contributed by atoms with Crippen molar-refractivity contribution in [3.8, 4) is 44.9 Å². The summed E-state index contributed by atoms with van der Waals surface area (Å²) in [7, 11) is 0. The first-order chi connectivity index (χ1) is 31.5. The Morgan fingerprint density at radius 3 is 1.45 bits per heavy atom. The second-order valence-electron chi connectivity index (χ2n) is 17.6. The van der Waals surface area contributed by atoms with Gasteiger partial charge in [-0.3, -0.25) is 0 Å². The SMILES string of the molecule is CC1(C)c2ccccc2C2(c3ccccc3Oc3c2ccc2ccccc32)c2cccc(-c3ccc(N(c4ccc(-c5ccccc5)cc4)c4ccc(-c5ccccc5)cc4)cc3)c21. The molecule has 0 saturated heterocycles. The average Bonchev–Trinajstić information content (AvgIpc) is 3.36. The van der Waals surface area contributed by atoms with E-state index in [2.05, 4.69) is 255 Å². The summed E-state index contributed by atoms with van der Waals surface area (Å²) in [6.45, 7) is 4.81. The molecule has 0 saturated carbocycles. The third-order valence-electron chi connectivity index (χ3n) is 13.8. The highest BCUT2D eigenvalue weighted by Gasteiger charge is 2.53. The summed E-state index contributed by atoms with van der Waals surface area (Å²) in [6.07, 6.45) is 0. The Morgan fingerprint density at radius 1 is 0.344 bits per heavy atom. The van der Waals surface area contributed by atoms with Gasteiger partial charge in [-0.25, -0.2) is 0 Å². The van der Waals surface area contributed by atoms with Crippen LogP contribution in [0.4, 0.5) is 17.1 Å². The topological polar surface area (TPSA) is 12.5 Å². The molecule has 1 aliphatic heterocycles. The number of benzene rings is 10. The first-order valence-electron chi connectivity index (χ1n) is 22.3. The van der Waals surface area contributed by atoms with Gasteiger partial charge in [0.15, 0.2) is 0 Å². The number of hydrogen-bond donors (Lipinski definition) is 0. The number of para-hydroxylation sites is 1. The maximum Gasteiger partial charge on any atom is 0.140 e. The molecule has 0 N–H and O–H groups in total. The van der Waals surface area contributed by atoms with Crippen LogP contribution in [0, 0.1) is 0 Å². The number of ether oxygens (including phenoxy) is 1. The van der Waals surface area contributed by atoms with Gasteiger partial charge in [0, 0.05) is 39.0 Å². The lowest BCUT2D eigenvalue weighted by molar-refractivity contribution is 0.430. The number of anilines is 3. The number of rotatable bonds is 6. The summed E-state index contributed by atoms with van der Waals surface area (Å²) in [6, 6.07) is 86.2. The molecule has 64 heavy (non-hydrogen) atoms. The maximum atomic E-state index is 6.98. The molecule has 10 aromatic carbocycles. The molecule has 12 rings (SSSR count). The van der Waals surface area contributed by atoms with Gasteiger partial charge < -0.3 is 9.64 Å². The molecule has 0 radical (unpaired) electrons. The zero-order valence-electron chi connectivity index (χ0n) is 35.9. The quantitative estimate of drug-likeness (QED) is 0.166. The molecule has 0 aromatic heterocycles. The molecule has 1 unspecified atom stereocenters. The molecular weight excluding hydrogens is 775 g/mol. The fraction of sp³-hybridized carbons (Fsp3) is 0.0645. The Bertz CT molecular complexity index is 3270. The minimum atomic E-state index is -0.611. The largest absolute Gasteiger partial charge is 0.456 e. The molecule has 1 spiro atoms. The van der Waals surface area contributed by atoms with Crippen molar-refractivity contribution in [2.45, 2.75) is 24.7 Å². The van der Waals surface area contributed by atoms with Gasteiger partial charge in [-0.05, 0) is 103 Å². The van der Waals surface area contributed by atoms with Gasteiger partial charge in [-0.1, -0.05) is 208 Å². The predicted octanol–water partition coefficient (Wildman–Crippen LogP) is 16.4. The van der Waals surface area contributed by atoms with Gasteiger partial charge in [0.05, 0.1) is 5.41 Å². The molecule has 2 aliphatic rings. The third-order valence-corrected chi connectivity index (χ3v) is 13.8. The Labute approximate surface area is 375 Å². The van der Waals surface area contributed by atoms with Crippen molar-refractivity contribution in [3.05, 3.63) is 270 Å². The molecule has 10 aromatic rings. The van der Waals surface area contributed by atoms with Crippen LogP contribution in [0.25, 0.3) is 44.2 Å². The molecule has 0 fully saturated rings. The van der Waals surface area contributed by atoms with E-state index < -0.39 is 5.41 Å². The monoisotopic (exact) mass is 819 g/mol. The van der Waals surface area contributed by atoms with Crippen molar-refractivity contribution in [2.75, 3.05) is 4.90 Å². The summed E-state index contributed by atoms with van der Waals surface area (Å²) in [5.74, 6) is 1.83. The first kappa shape index (κ1) is 37.8. The van der Waals surface area contributed by atoms with E-state index in [-0.39, 0.29) is 5.41 Å². The molecule has 0 bridgehead atoms. The minimum absolute atomic E-state index is 0.316. The van der Waals surface area contributed by atoms with Crippen molar-refractivity contribution in [1.82, 2.24) is 0 Å². The molecular formula is C62H45NO. The lowest BCUT2D eigenvalue weighted by Gasteiger charge is -2.50. The van der Waals surface area contributed by atoms with Crippen LogP contribution in [0.2, 0.25) is 0 Å². The highest BCUT2D eigenvalue weighted by Crippen LogP contribution is 2.63. The Balaban J connectivity index is 1.03. The lowest BCUT2D eigenvalue weighted by atomic mass is 9.52. The van der Waals surface area contributed by atoms with Crippen molar-refractivity contribution in [3.63, 3.8) is 0 Å². The summed E-state index contributed by atoms with van der Waals surface area (Å²) in [5.41, 5.74) is 17.2. The zero-order valence-corrected chi connectivity index (χ0v) is 35.9. The Morgan fingerprint density at radius 2 is 0.828 bits per heavy atom. The van der Waals surface area contributed by atoms with Gasteiger partial charge in [0.2, 0.25) is 0 Å². The summed E-state index contributed by atoms with van der Waals surface area (Å²) in [5, 5.41) is 2.29. The van der Waals surface area contributed by atoms with Gasteiger partial charge in [-0.2, -0.15) is 0 Å². The van der Waals surface area contributed by atoms with E-state index in [1.165, 1.54) is 72.1 Å². The molecule has 0 amide bonds. The zero-order chi connectivity index (χ0) is 42.8. The van der Waals surface area contributed by atoms with Crippen LogP contribution >= 0.6 is 0 Å². The second kappa shape index (κ2) is 14.9. The van der Waals surface area contributed by atoms with Crippen LogP contribution in [0.1, 0.15) is 47.2 Å². The lowest BCUT2D eigenvalue weighted by Crippen LogP contribution is -2.43. The van der Waals surface area contributed by atoms with E-state index >= 15 is 0 Å². The Hall–Kier alpha value is -7.94. The minimum Gasteiger partial charge on any atom is -0.456 e. The normalized spacial score (nSPS) is 15.3. The van der Waals surface area contributed by atoms with Crippen molar-refractivity contribution in [2.24, 2.45) is 0 Å². The van der Waals surface area contributed by atoms with Gasteiger partial charge >= 0.3 is 0 Å². The molecule has 304 valence electrons. The van der Waals surface area contributed by atoms with Crippen LogP contribution in [-0.4, -0.2) is 0 Å². The smallest absolute Gasteiger partial charge is 0.140 e. The van der Waals surface area contributed by atoms with E-state index in [1.807, 2.05) is 0 Å². The van der Waals surface area contributed by atoms with E-state index in [4.69, 9.17) is 4.74 Å². The highest BCUT2D eigenvalue weighted by atomic mass is 16.5.